The summed E-state index contributed by atoms with van der Waals surface area (Å²) < 4.78 is 8.00. The molecule has 0 saturated heterocycles. The summed E-state index contributed by atoms with van der Waals surface area (Å²) in [4.78, 5) is 4.62. The summed E-state index contributed by atoms with van der Waals surface area (Å²) in [6, 6.07) is 14.7. The van der Waals surface area contributed by atoms with Crippen LogP contribution in [-0.4, -0.2) is 4.98 Å². The van der Waals surface area contributed by atoms with Crippen molar-refractivity contribution in [2.24, 2.45) is 0 Å². The van der Waals surface area contributed by atoms with Crippen molar-refractivity contribution >= 4 is 32.6 Å². The minimum atomic E-state index is 0.545. The number of fused-ring (bicyclic) bond motifs is 3. The molecule has 0 fully saturated rings. The molecule has 94 valence electrons. The van der Waals surface area contributed by atoms with Crippen molar-refractivity contribution in [1.29, 1.82) is 0 Å². The van der Waals surface area contributed by atoms with E-state index in [-0.39, 0.29) is 0 Å². The van der Waals surface area contributed by atoms with Crippen LogP contribution in [0.25, 0.3) is 32.6 Å². The predicted octanol–water partition coefficient (Wildman–Crippen LogP) is 3.18. The van der Waals surface area contributed by atoms with E-state index >= 15 is 0 Å². The largest absolute Gasteiger partial charge is 0.435 e. The number of rotatable bonds is 0. The van der Waals surface area contributed by atoms with E-state index in [2.05, 4.69) is 45.9 Å². The molecular weight excluding hydrogens is 248 g/mol. The molecule has 0 unspecified atom stereocenters. The molecule has 4 aromatic rings. The molecular formula is C17H11N2O+. The Bertz CT molecular complexity index is 925. The fourth-order valence-electron chi connectivity index (χ4n) is 3.21. The normalized spacial score (nSPS) is 13.2. The smallest absolute Gasteiger partial charge is 0.292 e. The average molecular weight is 259 g/mol. The molecule has 0 bridgehead atoms. The van der Waals surface area contributed by atoms with Gasteiger partial charge in [0.15, 0.2) is 6.20 Å². The van der Waals surface area contributed by atoms with Gasteiger partial charge in [0, 0.05) is 10.8 Å². The van der Waals surface area contributed by atoms with Crippen molar-refractivity contribution in [3.63, 3.8) is 0 Å². The number of hydrogen-bond acceptors (Lipinski definition) is 2. The van der Waals surface area contributed by atoms with Gasteiger partial charge in [-0.15, -0.1) is 0 Å². The maximum atomic E-state index is 5.87. The third-order valence-electron chi connectivity index (χ3n) is 4.06. The van der Waals surface area contributed by atoms with Crippen LogP contribution in [0.15, 0.2) is 54.9 Å². The maximum absolute atomic E-state index is 5.87. The van der Waals surface area contributed by atoms with Gasteiger partial charge in [-0.05, 0) is 11.5 Å². The van der Waals surface area contributed by atoms with Gasteiger partial charge in [-0.2, -0.15) is 4.57 Å². The molecule has 0 spiro atoms. The van der Waals surface area contributed by atoms with E-state index in [4.69, 9.17) is 4.74 Å². The molecule has 5 rings (SSSR count). The second-order valence-electron chi connectivity index (χ2n) is 5.09. The molecule has 1 aliphatic rings. The van der Waals surface area contributed by atoms with Crippen LogP contribution in [0, 0.1) is 0 Å². The molecule has 3 nitrogen and oxygen atoms in total. The Morgan fingerprint density at radius 3 is 2.75 bits per heavy atom. The summed E-state index contributed by atoms with van der Waals surface area (Å²) in [5.41, 5.74) is 2.22. The fraction of sp³-hybridized carbons (Fsp3) is 0.0588. The predicted molar refractivity (Wildman–Crippen MR) is 77.6 cm³/mol. The first-order valence-corrected chi connectivity index (χ1v) is 6.68. The zero-order chi connectivity index (χ0) is 13.1. The van der Waals surface area contributed by atoms with Gasteiger partial charge in [0.2, 0.25) is 5.52 Å². The lowest BCUT2D eigenvalue weighted by atomic mass is 9.98. The second kappa shape index (κ2) is 3.45. The topological polar surface area (TPSA) is 26.0 Å². The summed E-state index contributed by atoms with van der Waals surface area (Å²) in [7, 11) is 0. The highest BCUT2D eigenvalue weighted by atomic mass is 16.5. The molecule has 20 heavy (non-hydrogen) atoms. The summed E-state index contributed by atoms with van der Waals surface area (Å²) in [5.74, 6) is 0.950. The van der Waals surface area contributed by atoms with Crippen molar-refractivity contribution in [3.8, 4) is 5.75 Å². The third kappa shape index (κ3) is 1.11. The zero-order valence-electron chi connectivity index (χ0n) is 10.7. The van der Waals surface area contributed by atoms with Gasteiger partial charge in [0.25, 0.3) is 6.73 Å². The van der Waals surface area contributed by atoms with Gasteiger partial charge in [-0.3, -0.25) is 0 Å². The molecule has 2 heterocycles. The molecule has 1 aliphatic heterocycles. The Labute approximate surface area is 115 Å². The summed E-state index contributed by atoms with van der Waals surface area (Å²) in [6.45, 7) is 0.545. The van der Waals surface area contributed by atoms with Crippen molar-refractivity contribution in [2.45, 2.75) is 6.73 Å². The molecule has 3 heteroatoms. The lowest BCUT2D eigenvalue weighted by Gasteiger charge is -2.15. The highest BCUT2D eigenvalue weighted by molar-refractivity contribution is 6.23. The number of benzene rings is 3. The van der Waals surface area contributed by atoms with Gasteiger partial charge in [0.1, 0.15) is 11.3 Å². The Kier molecular flexibility index (Phi) is 1.75. The summed E-state index contributed by atoms with van der Waals surface area (Å²) >= 11 is 0. The highest BCUT2D eigenvalue weighted by Gasteiger charge is 2.24. The molecule has 0 radical (unpaired) electrons. The second-order valence-corrected chi connectivity index (χ2v) is 5.09. The Balaban J connectivity index is 2.26. The van der Waals surface area contributed by atoms with Crippen LogP contribution in [0.4, 0.5) is 0 Å². The zero-order valence-corrected chi connectivity index (χ0v) is 10.7. The van der Waals surface area contributed by atoms with E-state index in [1.165, 1.54) is 27.1 Å². The third-order valence-corrected chi connectivity index (χ3v) is 4.06. The lowest BCUT2D eigenvalue weighted by Crippen LogP contribution is -2.39. The minimum absolute atomic E-state index is 0.545. The molecule has 1 aromatic heterocycles. The van der Waals surface area contributed by atoms with E-state index in [0.29, 0.717) is 6.73 Å². The van der Waals surface area contributed by atoms with Gasteiger partial charge in [-0.25, -0.2) is 4.98 Å². The van der Waals surface area contributed by atoms with Crippen molar-refractivity contribution in [2.75, 3.05) is 0 Å². The lowest BCUT2D eigenvalue weighted by molar-refractivity contribution is -0.702. The van der Waals surface area contributed by atoms with E-state index in [1.54, 1.807) is 0 Å². The van der Waals surface area contributed by atoms with Gasteiger partial charge in [-0.1, -0.05) is 36.4 Å². The van der Waals surface area contributed by atoms with E-state index in [9.17, 15) is 0 Å². The van der Waals surface area contributed by atoms with Crippen molar-refractivity contribution < 1.29 is 9.30 Å². The summed E-state index contributed by atoms with van der Waals surface area (Å²) in [6.07, 6.45) is 3.82. The standard InChI is InChI=1S/C17H11N2O/c1-2-5-13-11(4-1)12-6-3-7-14-15(12)17-16(13)18-8-9-19(17)10-20-14/h1-9H,10H2/q+1. The van der Waals surface area contributed by atoms with Crippen LogP contribution in [0.5, 0.6) is 5.75 Å². The van der Waals surface area contributed by atoms with Crippen LogP contribution in [0.1, 0.15) is 0 Å². The van der Waals surface area contributed by atoms with Crippen molar-refractivity contribution in [1.82, 2.24) is 4.98 Å². The van der Waals surface area contributed by atoms with Crippen LogP contribution < -0.4 is 9.30 Å². The first kappa shape index (κ1) is 10.1. The molecule has 0 amide bonds. The number of nitrogens with zero attached hydrogens (tertiary/aromatic N) is 2. The number of ether oxygens (including phenoxy) is 1. The quantitative estimate of drug-likeness (QED) is 0.358. The maximum Gasteiger partial charge on any atom is 0.292 e. The van der Waals surface area contributed by atoms with Gasteiger partial charge in [0.05, 0.1) is 11.6 Å². The van der Waals surface area contributed by atoms with Gasteiger partial charge < -0.3 is 4.74 Å². The SMILES string of the molecule is c1ccc2c(c1)c1cccc3c1c1c2ncc[n+]1CO3. The van der Waals surface area contributed by atoms with Crippen molar-refractivity contribution in [3.05, 3.63) is 54.9 Å². The van der Waals surface area contributed by atoms with E-state index < -0.39 is 0 Å². The van der Waals surface area contributed by atoms with Crippen LogP contribution >= 0.6 is 0 Å². The Hall–Kier alpha value is -2.68. The first-order chi connectivity index (χ1) is 9.93. The molecule has 0 N–H and O–H groups in total. The van der Waals surface area contributed by atoms with Gasteiger partial charge >= 0.3 is 0 Å². The first-order valence-electron chi connectivity index (χ1n) is 6.68. The molecule has 0 atom stereocenters. The minimum Gasteiger partial charge on any atom is -0.435 e. The molecule has 3 aromatic carbocycles. The summed E-state index contributed by atoms with van der Waals surface area (Å²) in [5, 5.41) is 4.82. The van der Waals surface area contributed by atoms with Crippen LogP contribution in [-0.2, 0) is 6.73 Å². The highest BCUT2D eigenvalue weighted by Crippen LogP contribution is 2.38. The number of hydrogen-bond donors (Lipinski definition) is 0. The monoisotopic (exact) mass is 259 g/mol. The Morgan fingerprint density at radius 2 is 1.80 bits per heavy atom. The average Bonchev–Trinajstić information content (AvgIpc) is 2.53. The number of aromatic nitrogens is 2. The van der Waals surface area contributed by atoms with E-state index in [0.717, 1.165) is 11.3 Å². The van der Waals surface area contributed by atoms with Crippen LogP contribution in [0.3, 0.4) is 0 Å². The Morgan fingerprint density at radius 1 is 0.950 bits per heavy atom. The molecule has 0 saturated carbocycles. The molecule has 0 aliphatic carbocycles. The van der Waals surface area contributed by atoms with E-state index in [1.807, 2.05) is 18.5 Å². The van der Waals surface area contributed by atoms with Crippen LogP contribution in [0.2, 0.25) is 0 Å². The fourth-order valence-corrected chi connectivity index (χ4v) is 3.21.